The van der Waals surface area contributed by atoms with Crippen LogP contribution in [0, 0.1) is 11.8 Å². The van der Waals surface area contributed by atoms with E-state index in [9.17, 15) is 0 Å². The lowest BCUT2D eigenvalue weighted by atomic mass is 9.80. The van der Waals surface area contributed by atoms with Crippen molar-refractivity contribution in [2.75, 3.05) is 5.32 Å². The van der Waals surface area contributed by atoms with Gasteiger partial charge in [-0.15, -0.1) is 0 Å². The van der Waals surface area contributed by atoms with E-state index >= 15 is 0 Å². The Balaban J connectivity index is 1.85. The minimum Gasteiger partial charge on any atom is -0.389 e. The summed E-state index contributed by atoms with van der Waals surface area (Å²) >= 11 is 5.23. The first-order valence-electron chi connectivity index (χ1n) is 8.12. The van der Waals surface area contributed by atoms with E-state index in [1.165, 1.54) is 36.9 Å². The molecule has 0 aromatic carbocycles. The highest BCUT2D eigenvalue weighted by atomic mass is 32.1. The first-order valence-corrected chi connectivity index (χ1v) is 8.53. The molecule has 0 aliphatic heterocycles. The maximum Gasteiger partial charge on any atom is 0.136 e. The third-order valence-corrected chi connectivity index (χ3v) is 5.06. The quantitative estimate of drug-likeness (QED) is 0.840. The fourth-order valence-electron chi connectivity index (χ4n) is 4.03. The van der Waals surface area contributed by atoms with Crippen LogP contribution in [0.1, 0.15) is 56.4 Å². The van der Waals surface area contributed by atoms with Gasteiger partial charge in [-0.2, -0.15) is 0 Å². The maximum atomic E-state index is 5.92. The Labute approximate surface area is 132 Å². The zero-order valence-corrected chi connectivity index (χ0v) is 13.8. The monoisotopic (exact) mass is 303 g/mol. The molecule has 1 aromatic rings. The van der Waals surface area contributed by atoms with Gasteiger partial charge in [-0.05, 0) is 62.0 Å². The van der Waals surface area contributed by atoms with Gasteiger partial charge >= 0.3 is 0 Å². The third-order valence-electron chi connectivity index (χ3n) is 4.84. The first-order chi connectivity index (χ1) is 10.0. The molecule has 3 rings (SSSR count). The molecular formula is C17H25N3S. The Kier molecular flexibility index (Phi) is 4.16. The second kappa shape index (κ2) is 5.91. The smallest absolute Gasteiger partial charge is 0.136 e. The van der Waals surface area contributed by atoms with Crippen LogP contribution in [-0.4, -0.2) is 16.0 Å². The van der Waals surface area contributed by atoms with Crippen molar-refractivity contribution in [2.45, 2.75) is 58.4 Å². The maximum absolute atomic E-state index is 5.92. The highest BCUT2D eigenvalue weighted by molar-refractivity contribution is 7.80. The van der Waals surface area contributed by atoms with Gasteiger partial charge in [0.1, 0.15) is 10.8 Å². The number of anilines is 1. The zero-order chi connectivity index (χ0) is 15.0. The average molecular weight is 303 g/mol. The van der Waals surface area contributed by atoms with Crippen LogP contribution < -0.4 is 11.1 Å². The SMILES string of the molecule is CC1CC(C)CC(Nc2nc3c(cc2C(N)=S)CCC3)C1. The first kappa shape index (κ1) is 14.8. The molecule has 2 unspecified atom stereocenters. The standard InChI is InChI=1S/C17H25N3S/c1-10-6-11(2)8-13(7-10)19-17-14(16(18)21)9-12-4-3-5-15(12)20-17/h9-11,13H,3-8H2,1-2H3,(H2,18,21)(H,19,20). The van der Waals surface area contributed by atoms with E-state index in [0.717, 1.165) is 36.1 Å². The molecule has 0 spiro atoms. The Morgan fingerprint density at radius 3 is 2.62 bits per heavy atom. The van der Waals surface area contributed by atoms with E-state index in [2.05, 4.69) is 25.2 Å². The summed E-state index contributed by atoms with van der Waals surface area (Å²) in [6.45, 7) is 4.68. The number of hydrogen-bond acceptors (Lipinski definition) is 3. The lowest BCUT2D eigenvalue weighted by Gasteiger charge is -2.32. The Morgan fingerprint density at radius 2 is 1.95 bits per heavy atom. The molecule has 114 valence electrons. The van der Waals surface area contributed by atoms with Crippen LogP contribution in [0.2, 0.25) is 0 Å². The topological polar surface area (TPSA) is 50.9 Å². The lowest BCUT2D eigenvalue weighted by Crippen LogP contribution is -2.31. The van der Waals surface area contributed by atoms with Crippen LogP contribution in [0.15, 0.2) is 6.07 Å². The molecule has 2 atom stereocenters. The summed E-state index contributed by atoms with van der Waals surface area (Å²) in [4.78, 5) is 5.30. The zero-order valence-electron chi connectivity index (χ0n) is 13.0. The number of nitrogens with two attached hydrogens (primary N) is 1. The van der Waals surface area contributed by atoms with E-state index < -0.39 is 0 Å². The number of nitrogens with zero attached hydrogens (tertiary/aromatic N) is 1. The average Bonchev–Trinajstić information content (AvgIpc) is 2.83. The second-order valence-electron chi connectivity index (χ2n) is 6.97. The molecule has 0 bridgehead atoms. The number of hydrogen-bond donors (Lipinski definition) is 2. The number of aromatic nitrogens is 1. The van der Waals surface area contributed by atoms with Crippen molar-refractivity contribution in [3.63, 3.8) is 0 Å². The third kappa shape index (κ3) is 3.20. The van der Waals surface area contributed by atoms with Crippen molar-refractivity contribution in [1.82, 2.24) is 4.98 Å². The predicted molar refractivity (Wildman–Crippen MR) is 91.7 cm³/mol. The van der Waals surface area contributed by atoms with Gasteiger partial charge in [0.2, 0.25) is 0 Å². The number of fused-ring (bicyclic) bond motifs is 1. The summed E-state index contributed by atoms with van der Waals surface area (Å²) in [5.41, 5.74) is 9.41. The molecule has 1 heterocycles. The van der Waals surface area contributed by atoms with Gasteiger partial charge in [0.25, 0.3) is 0 Å². The van der Waals surface area contributed by atoms with Crippen molar-refractivity contribution in [1.29, 1.82) is 0 Å². The van der Waals surface area contributed by atoms with Crippen molar-refractivity contribution < 1.29 is 0 Å². The Morgan fingerprint density at radius 1 is 1.24 bits per heavy atom. The van der Waals surface area contributed by atoms with Crippen LogP contribution in [0.3, 0.4) is 0 Å². The van der Waals surface area contributed by atoms with Crippen molar-refractivity contribution in [2.24, 2.45) is 17.6 Å². The van der Waals surface area contributed by atoms with Gasteiger partial charge in [0.15, 0.2) is 0 Å². The largest absolute Gasteiger partial charge is 0.389 e. The summed E-state index contributed by atoms with van der Waals surface area (Å²) in [5, 5.41) is 3.64. The molecule has 4 heteroatoms. The van der Waals surface area contributed by atoms with Gasteiger partial charge in [0, 0.05) is 11.7 Å². The van der Waals surface area contributed by atoms with E-state index in [1.807, 2.05) is 0 Å². The van der Waals surface area contributed by atoms with Crippen LogP contribution in [0.25, 0.3) is 0 Å². The van der Waals surface area contributed by atoms with E-state index in [-0.39, 0.29) is 0 Å². The number of aryl methyl sites for hydroxylation is 2. The van der Waals surface area contributed by atoms with Gasteiger partial charge in [-0.25, -0.2) is 4.98 Å². The summed E-state index contributed by atoms with van der Waals surface area (Å²) < 4.78 is 0. The number of rotatable bonds is 3. The summed E-state index contributed by atoms with van der Waals surface area (Å²) in [5.74, 6) is 2.46. The molecule has 1 aromatic heterocycles. The number of nitrogens with one attached hydrogen (secondary N) is 1. The molecule has 0 radical (unpaired) electrons. The number of pyridine rings is 1. The molecule has 2 aliphatic rings. The fraction of sp³-hybridized carbons (Fsp3) is 0.647. The van der Waals surface area contributed by atoms with E-state index in [4.69, 9.17) is 22.9 Å². The van der Waals surface area contributed by atoms with Crippen LogP contribution in [-0.2, 0) is 12.8 Å². The highest BCUT2D eigenvalue weighted by Gasteiger charge is 2.26. The normalized spacial score (nSPS) is 28.2. The predicted octanol–water partition coefficient (Wildman–Crippen LogP) is 3.44. The highest BCUT2D eigenvalue weighted by Crippen LogP contribution is 2.32. The fourth-order valence-corrected chi connectivity index (χ4v) is 4.18. The summed E-state index contributed by atoms with van der Waals surface area (Å²) in [6.07, 6.45) is 7.13. The van der Waals surface area contributed by atoms with Crippen molar-refractivity contribution in [3.8, 4) is 0 Å². The second-order valence-corrected chi connectivity index (χ2v) is 7.41. The van der Waals surface area contributed by atoms with Gasteiger partial charge in [-0.3, -0.25) is 0 Å². The molecular weight excluding hydrogens is 278 g/mol. The van der Waals surface area contributed by atoms with Crippen LogP contribution >= 0.6 is 12.2 Å². The summed E-state index contributed by atoms with van der Waals surface area (Å²) in [7, 11) is 0. The molecule has 0 amide bonds. The van der Waals surface area contributed by atoms with Gasteiger partial charge < -0.3 is 11.1 Å². The lowest BCUT2D eigenvalue weighted by molar-refractivity contribution is 0.280. The van der Waals surface area contributed by atoms with Crippen molar-refractivity contribution >= 4 is 23.0 Å². The molecule has 3 N–H and O–H groups in total. The van der Waals surface area contributed by atoms with Gasteiger partial charge in [0.05, 0.1) is 5.56 Å². The molecule has 2 aliphatic carbocycles. The van der Waals surface area contributed by atoms with Crippen LogP contribution in [0.5, 0.6) is 0 Å². The molecule has 3 nitrogen and oxygen atoms in total. The Bertz CT molecular complexity index is 545. The van der Waals surface area contributed by atoms with E-state index in [0.29, 0.717) is 11.0 Å². The molecule has 1 fully saturated rings. The molecule has 1 saturated carbocycles. The van der Waals surface area contributed by atoms with Gasteiger partial charge in [-0.1, -0.05) is 26.1 Å². The number of thiocarbonyl (C=S) groups is 1. The minimum absolute atomic E-state index is 0.455. The molecule has 21 heavy (non-hydrogen) atoms. The Hall–Kier alpha value is -1.16. The summed E-state index contributed by atoms with van der Waals surface area (Å²) in [6, 6.07) is 2.65. The van der Waals surface area contributed by atoms with Crippen molar-refractivity contribution in [3.05, 3.63) is 22.9 Å². The van der Waals surface area contributed by atoms with Crippen LogP contribution in [0.4, 0.5) is 5.82 Å². The minimum atomic E-state index is 0.455. The van der Waals surface area contributed by atoms with E-state index in [1.54, 1.807) is 0 Å². The molecule has 0 saturated heterocycles.